The zero-order valence-electron chi connectivity index (χ0n) is 17.0. The maximum absolute atomic E-state index is 16.8. The van der Waals surface area contributed by atoms with Gasteiger partial charge in [0, 0.05) is 29.2 Å². The Morgan fingerprint density at radius 2 is 2.03 bits per heavy atom. The van der Waals surface area contributed by atoms with Crippen LogP contribution in [0.1, 0.15) is 46.5 Å². The van der Waals surface area contributed by atoms with Crippen LogP contribution in [0.15, 0.2) is 35.5 Å². The van der Waals surface area contributed by atoms with E-state index in [1.54, 1.807) is 13.0 Å². The van der Waals surface area contributed by atoms with E-state index in [0.29, 0.717) is 24.8 Å². The maximum atomic E-state index is 16.8. The van der Waals surface area contributed by atoms with Crippen LogP contribution in [-0.2, 0) is 19.1 Å². The third-order valence-corrected chi connectivity index (χ3v) is 7.93. The molecule has 29 heavy (non-hydrogen) atoms. The summed E-state index contributed by atoms with van der Waals surface area (Å²) in [4.78, 5) is 35.6. The first-order valence-corrected chi connectivity index (χ1v) is 10.2. The fourth-order valence-corrected chi connectivity index (χ4v) is 6.46. The van der Waals surface area contributed by atoms with Crippen molar-refractivity contribution in [2.75, 3.05) is 6.61 Å². The average molecular weight is 402 g/mol. The summed E-state index contributed by atoms with van der Waals surface area (Å²) in [7, 11) is 0. The summed E-state index contributed by atoms with van der Waals surface area (Å²) < 4.78 is 21.7. The Bertz CT molecular complexity index is 886. The summed E-state index contributed by atoms with van der Waals surface area (Å²) in [5, 5.41) is 11.1. The molecule has 1 N–H and O–H groups in total. The van der Waals surface area contributed by atoms with E-state index >= 15 is 4.39 Å². The number of esters is 1. The highest BCUT2D eigenvalue weighted by Crippen LogP contribution is 2.67. The number of fused-ring (bicyclic) bond motifs is 5. The maximum Gasteiger partial charge on any atom is 0.303 e. The van der Waals surface area contributed by atoms with Gasteiger partial charge in [-0.2, -0.15) is 0 Å². The second kappa shape index (κ2) is 6.46. The molecule has 0 amide bonds. The quantitative estimate of drug-likeness (QED) is 0.734. The van der Waals surface area contributed by atoms with Crippen molar-refractivity contribution in [3.63, 3.8) is 0 Å². The van der Waals surface area contributed by atoms with Gasteiger partial charge in [-0.1, -0.05) is 24.6 Å². The van der Waals surface area contributed by atoms with Gasteiger partial charge in [-0.3, -0.25) is 14.4 Å². The molecule has 6 atom stereocenters. The lowest BCUT2D eigenvalue weighted by Crippen LogP contribution is -2.66. The zero-order chi connectivity index (χ0) is 21.2. The van der Waals surface area contributed by atoms with E-state index in [1.165, 1.54) is 19.1 Å². The Morgan fingerprint density at radius 1 is 1.31 bits per heavy atom. The van der Waals surface area contributed by atoms with Crippen LogP contribution >= 0.6 is 0 Å². The molecular weight excluding hydrogens is 375 g/mol. The van der Waals surface area contributed by atoms with E-state index in [-0.39, 0.29) is 30.5 Å². The van der Waals surface area contributed by atoms with E-state index in [1.807, 2.05) is 13.0 Å². The summed E-state index contributed by atoms with van der Waals surface area (Å²) >= 11 is 0. The minimum absolute atomic E-state index is 0.118. The molecule has 4 aliphatic carbocycles. The third-order valence-electron chi connectivity index (χ3n) is 7.93. The number of carbonyl (C=O) groups is 3. The van der Waals surface area contributed by atoms with Crippen molar-refractivity contribution < 1.29 is 28.6 Å². The molecule has 4 aliphatic rings. The van der Waals surface area contributed by atoms with Crippen molar-refractivity contribution in [3.05, 3.63) is 35.5 Å². The molecule has 0 aromatic heterocycles. The van der Waals surface area contributed by atoms with E-state index in [9.17, 15) is 19.5 Å². The molecule has 0 spiro atoms. The van der Waals surface area contributed by atoms with Crippen LogP contribution < -0.4 is 0 Å². The van der Waals surface area contributed by atoms with Crippen LogP contribution in [0.25, 0.3) is 0 Å². The van der Waals surface area contributed by atoms with Gasteiger partial charge < -0.3 is 9.84 Å². The van der Waals surface area contributed by atoms with E-state index in [4.69, 9.17) is 4.74 Å². The van der Waals surface area contributed by atoms with Crippen molar-refractivity contribution in [2.24, 2.45) is 22.7 Å². The monoisotopic (exact) mass is 402 g/mol. The number of rotatable bonds is 3. The smallest absolute Gasteiger partial charge is 0.303 e. The molecule has 0 bridgehead atoms. The van der Waals surface area contributed by atoms with Crippen molar-refractivity contribution >= 4 is 17.5 Å². The first-order chi connectivity index (χ1) is 13.5. The highest BCUT2D eigenvalue weighted by Gasteiger charge is 2.69. The van der Waals surface area contributed by atoms with E-state index in [2.05, 4.69) is 0 Å². The van der Waals surface area contributed by atoms with Crippen LogP contribution in [0.4, 0.5) is 4.39 Å². The minimum atomic E-state index is -1.90. The number of Topliss-reactive ketones (excluding diaryl/α,β-unsaturated/α-hetero) is 1. The molecule has 2 fully saturated rings. The molecule has 0 aromatic carbocycles. The summed E-state index contributed by atoms with van der Waals surface area (Å²) in [6.45, 7) is 4.60. The van der Waals surface area contributed by atoms with Crippen LogP contribution in [-0.4, -0.2) is 41.0 Å². The molecule has 6 unspecified atom stereocenters. The topological polar surface area (TPSA) is 80.7 Å². The average Bonchev–Trinajstić information content (AvgIpc) is 2.98. The lowest BCUT2D eigenvalue weighted by molar-refractivity contribution is -0.185. The minimum Gasteiger partial charge on any atom is -0.457 e. The number of ketones is 2. The van der Waals surface area contributed by atoms with Gasteiger partial charge in [0.1, 0.15) is 0 Å². The van der Waals surface area contributed by atoms with Crippen LogP contribution in [0.2, 0.25) is 0 Å². The largest absolute Gasteiger partial charge is 0.457 e. The molecule has 156 valence electrons. The molecule has 0 saturated heterocycles. The van der Waals surface area contributed by atoms with Crippen molar-refractivity contribution in [2.45, 2.75) is 58.2 Å². The van der Waals surface area contributed by atoms with Gasteiger partial charge in [0.05, 0.1) is 6.10 Å². The molecular formula is C23H27FO5. The summed E-state index contributed by atoms with van der Waals surface area (Å²) in [6.07, 6.45) is 6.89. The first-order valence-electron chi connectivity index (χ1n) is 10.2. The standard InChI is InChI=1S/C23H27FO5/c1-13(25)29-12-19(27)18-7-6-16-17-5-4-14-10-15(26)8-9-22(14,3)23(17,24)20(28)11-21(16,18)2/h7-10,16-17,20,28H,4-6,11-12H2,1-3H3. The van der Waals surface area contributed by atoms with E-state index < -0.39 is 34.5 Å². The number of hydrogen-bond donors (Lipinski definition) is 1. The number of alkyl halides is 1. The van der Waals surface area contributed by atoms with Crippen molar-refractivity contribution in [1.29, 1.82) is 0 Å². The van der Waals surface area contributed by atoms with Crippen molar-refractivity contribution in [3.8, 4) is 0 Å². The fraction of sp³-hybridized carbons (Fsp3) is 0.609. The molecule has 6 heteroatoms. The highest BCUT2D eigenvalue weighted by atomic mass is 19.1. The molecule has 4 rings (SSSR count). The molecule has 0 radical (unpaired) electrons. The van der Waals surface area contributed by atoms with Crippen molar-refractivity contribution in [1.82, 2.24) is 0 Å². The van der Waals surface area contributed by atoms with Gasteiger partial charge in [0.25, 0.3) is 0 Å². The number of aliphatic hydroxyl groups excluding tert-OH is 1. The molecule has 5 nitrogen and oxygen atoms in total. The first kappa shape index (κ1) is 20.2. The van der Waals surface area contributed by atoms with E-state index in [0.717, 1.165) is 5.57 Å². The number of hydrogen-bond acceptors (Lipinski definition) is 5. The summed E-state index contributed by atoms with van der Waals surface area (Å²) in [5.41, 5.74) is -2.33. The van der Waals surface area contributed by atoms with Gasteiger partial charge in [-0.05, 0) is 50.7 Å². The number of ether oxygens (including phenoxy) is 1. The number of halogens is 1. The Morgan fingerprint density at radius 3 is 2.72 bits per heavy atom. The number of aliphatic hydroxyl groups is 1. The predicted octanol–water partition coefficient (Wildman–Crippen LogP) is 3.03. The Labute approximate surface area is 169 Å². The second-order valence-corrected chi connectivity index (χ2v) is 9.32. The zero-order valence-corrected chi connectivity index (χ0v) is 17.0. The molecule has 2 saturated carbocycles. The molecule has 0 heterocycles. The SMILES string of the molecule is CC(=O)OCC(=O)C1=CCC2C3CCC4=CC(=O)C=CC4(C)C3(F)C(O)CC12C. The molecule has 0 aliphatic heterocycles. The third kappa shape index (κ3) is 2.64. The summed E-state index contributed by atoms with van der Waals surface area (Å²) in [6, 6.07) is 0. The fourth-order valence-electron chi connectivity index (χ4n) is 6.46. The Hall–Kier alpha value is -2.08. The van der Waals surface area contributed by atoms with Gasteiger partial charge >= 0.3 is 5.97 Å². The Kier molecular flexibility index (Phi) is 4.50. The van der Waals surface area contributed by atoms with Crippen LogP contribution in [0, 0.1) is 22.7 Å². The lowest BCUT2D eigenvalue weighted by atomic mass is 9.45. The van der Waals surface area contributed by atoms with Gasteiger partial charge in [0.15, 0.2) is 23.8 Å². The normalized spacial score (nSPS) is 42.9. The highest BCUT2D eigenvalue weighted by molar-refractivity contribution is 6.01. The number of carbonyl (C=O) groups excluding carboxylic acids is 3. The van der Waals surface area contributed by atoms with Crippen LogP contribution in [0.5, 0.6) is 0 Å². The number of allylic oxidation sites excluding steroid dienone is 5. The molecule has 0 aromatic rings. The Balaban J connectivity index is 1.68. The van der Waals surface area contributed by atoms with Gasteiger partial charge in [-0.25, -0.2) is 4.39 Å². The summed E-state index contributed by atoms with van der Waals surface area (Å²) in [5.74, 6) is -1.52. The predicted molar refractivity (Wildman–Crippen MR) is 103 cm³/mol. The van der Waals surface area contributed by atoms with Gasteiger partial charge in [0.2, 0.25) is 0 Å². The second-order valence-electron chi connectivity index (χ2n) is 9.32. The van der Waals surface area contributed by atoms with Gasteiger partial charge in [-0.15, -0.1) is 0 Å². The van der Waals surface area contributed by atoms with Crippen LogP contribution in [0.3, 0.4) is 0 Å². The lowest BCUT2D eigenvalue weighted by Gasteiger charge is -2.61.